The molecule has 1 N–H and O–H groups in total. The van der Waals surface area contributed by atoms with Crippen molar-refractivity contribution in [3.63, 3.8) is 0 Å². The highest BCUT2D eigenvalue weighted by molar-refractivity contribution is 5.80. The van der Waals surface area contributed by atoms with E-state index in [1.807, 2.05) is 55.5 Å². The van der Waals surface area contributed by atoms with Crippen molar-refractivity contribution < 1.29 is 14.3 Å². The van der Waals surface area contributed by atoms with Crippen molar-refractivity contribution in [3.8, 4) is 11.5 Å². The van der Waals surface area contributed by atoms with Crippen molar-refractivity contribution in [2.24, 2.45) is 0 Å². The zero-order valence-corrected chi connectivity index (χ0v) is 13.1. The summed E-state index contributed by atoms with van der Waals surface area (Å²) in [6.07, 6.45) is 0.248. The lowest BCUT2D eigenvalue weighted by molar-refractivity contribution is -0.121. The predicted molar refractivity (Wildman–Crippen MR) is 86.2 cm³/mol. The van der Waals surface area contributed by atoms with E-state index in [0.717, 1.165) is 11.1 Å². The van der Waals surface area contributed by atoms with Crippen LogP contribution in [-0.2, 0) is 11.2 Å². The first-order valence-corrected chi connectivity index (χ1v) is 7.19. The summed E-state index contributed by atoms with van der Waals surface area (Å²) in [6.45, 7) is 1.97. The molecule has 0 radical (unpaired) electrons. The van der Waals surface area contributed by atoms with Gasteiger partial charge in [0.25, 0.3) is 0 Å². The van der Waals surface area contributed by atoms with E-state index in [1.165, 1.54) is 0 Å². The van der Waals surface area contributed by atoms with Crippen LogP contribution < -0.4 is 14.8 Å². The minimum atomic E-state index is -0.0529. The number of ether oxygens (including phenoxy) is 2. The number of carbonyl (C=O) groups excluding carboxylic acids is 1. The van der Waals surface area contributed by atoms with E-state index >= 15 is 0 Å². The number of carbonyl (C=O) groups is 1. The number of amides is 1. The molecule has 1 atom stereocenters. The largest absolute Gasteiger partial charge is 0.497 e. The molecule has 0 aromatic heterocycles. The molecule has 4 heteroatoms. The second kappa shape index (κ2) is 7.50. The molecule has 1 amide bonds. The maximum Gasteiger partial charge on any atom is 0.225 e. The van der Waals surface area contributed by atoms with Crippen LogP contribution in [0.2, 0.25) is 0 Å². The Morgan fingerprint density at radius 2 is 1.82 bits per heavy atom. The molecule has 0 spiro atoms. The predicted octanol–water partition coefficient (Wildman–Crippen LogP) is 3.12. The maximum absolute atomic E-state index is 12.3. The highest BCUT2D eigenvalue weighted by atomic mass is 16.5. The lowest BCUT2D eigenvalue weighted by Crippen LogP contribution is -2.28. The molecule has 22 heavy (non-hydrogen) atoms. The summed E-state index contributed by atoms with van der Waals surface area (Å²) in [7, 11) is 3.19. The molecule has 0 saturated heterocycles. The zero-order valence-electron chi connectivity index (χ0n) is 13.1. The van der Waals surface area contributed by atoms with Crippen LogP contribution in [-0.4, -0.2) is 20.1 Å². The highest BCUT2D eigenvalue weighted by Crippen LogP contribution is 2.24. The van der Waals surface area contributed by atoms with Gasteiger partial charge in [0.15, 0.2) is 0 Å². The Bertz CT molecular complexity index is 625. The normalized spacial score (nSPS) is 11.6. The minimum absolute atomic E-state index is 0.0368. The van der Waals surface area contributed by atoms with Gasteiger partial charge < -0.3 is 14.8 Å². The van der Waals surface area contributed by atoms with E-state index in [-0.39, 0.29) is 18.4 Å². The highest BCUT2D eigenvalue weighted by Gasteiger charge is 2.13. The molecule has 0 aliphatic carbocycles. The van der Waals surface area contributed by atoms with Crippen LogP contribution in [0.4, 0.5) is 0 Å². The van der Waals surface area contributed by atoms with Gasteiger partial charge in [-0.1, -0.05) is 30.3 Å². The van der Waals surface area contributed by atoms with Crippen molar-refractivity contribution >= 4 is 5.91 Å². The molecule has 2 rings (SSSR count). The molecule has 0 unspecified atom stereocenters. The van der Waals surface area contributed by atoms with Crippen LogP contribution in [0.1, 0.15) is 24.1 Å². The SMILES string of the molecule is COc1ccc(OC)c(CC(=O)N[C@H](C)c2ccccc2)c1. The number of hydrogen-bond acceptors (Lipinski definition) is 3. The molecule has 116 valence electrons. The van der Waals surface area contributed by atoms with Crippen LogP contribution in [0.15, 0.2) is 48.5 Å². The van der Waals surface area contributed by atoms with E-state index in [2.05, 4.69) is 5.32 Å². The van der Waals surface area contributed by atoms with Crippen molar-refractivity contribution in [3.05, 3.63) is 59.7 Å². The Morgan fingerprint density at radius 3 is 2.45 bits per heavy atom. The van der Waals surface area contributed by atoms with Crippen LogP contribution in [0.25, 0.3) is 0 Å². The molecule has 0 aliphatic heterocycles. The van der Waals surface area contributed by atoms with Gasteiger partial charge in [0.05, 0.1) is 26.7 Å². The molecule has 0 bridgehead atoms. The Hall–Kier alpha value is -2.49. The molecule has 2 aromatic carbocycles. The Morgan fingerprint density at radius 1 is 1.09 bits per heavy atom. The summed E-state index contributed by atoms with van der Waals surface area (Å²) in [5.41, 5.74) is 1.88. The van der Waals surface area contributed by atoms with E-state index in [0.29, 0.717) is 11.5 Å². The Balaban J connectivity index is 2.05. The Labute approximate surface area is 131 Å². The lowest BCUT2D eigenvalue weighted by Gasteiger charge is -2.15. The first kappa shape index (κ1) is 15.9. The average molecular weight is 299 g/mol. The first-order chi connectivity index (χ1) is 10.6. The van der Waals surface area contributed by atoms with Crippen LogP contribution >= 0.6 is 0 Å². The van der Waals surface area contributed by atoms with Gasteiger partial charge in [-0.15, -0.1) is 0 Å². The van der Waals surface area contributed by atoms with Crippen molar-refractivity contribution in [2.45, 2.75) is 19.4 Å². The fraction of sp³-hybridized carbons (Fsp3) is 0.278. The number of hydrogen-bond donors (Lipinski definition) is 1. The molecular formula is C18H21NO3. The second-order valence-corrected chi connectivity index (χ2v) is 5.05. The van der Waals surface area contributed by atoms with Crippen LogP contribution in [0.3, 0.4) is 0 Å². The van der Waals surface area contributed by atoms with E-state index in [9.17, 15) is 4.79 Å². The van der Waals surface area contributed by atoms with Gasteiger partial charge in [-0.2, -0.15) is 0 Å². The molecular weight excluding hydrogens is 278 g/mol. The third-order valence-corrected chi connectivity index (χ3v) is 3.52. The van der Waals surface area contributed by atoms with Crippen LogP contribution in [0.5, 0.6) is 11.5 Å². The second-order valence-electron chi connectivity index (χ2n) is 5.05. The summed E-state index contributed by atoms with van der Waals surface area (Å²) >= 11 is 0. The summed E-state index contributed by atoms with van der Waals surface area (Å²) in [6, 6.07) is 15.3. The van der Waals surface area contributed by atoms with Crippen molar-refractivity contribution in [1.82, 2.24) is 5.32 Å². The van der Waals surface area contributed by atoms with Crippen molar-refractivity contribution in [2.75, 3.05) is 14.2 Å². The summed E-state index contributed by atoms with van der Waals surface area (Å²) in [4.78, 5) is 12.3. The quantitative estimate of drug-likeness (QED) is 0.891. The molecule has 0 fully saturated rings. The van der Waals surface area contributed by atoms with Gasteiger partial charge >= 0.3 is 0 Å². The summed E-state index contributed by atoms with van der Waals surface area (Å²) in [5, 5.41) is 3.00. The monoisotopic (exact) mass is 299 g/mol. The van der Waals surface area contributed by atoms with Gasteiger partial charge in [-0.05, 0) is 30.7 Å². The minimum Gasteiger partial charge on any atom is -0.497 e. The van der Waals surface area contributed by atoms with Crippen LogP contribution in [0, 0.1) is 0 Å². The number of methoxy groups -OCH3 is 2. The number of rotatable bonds is 6. The number of nitrogens with one attached hydrogen (secondary N) is 1. The lowest BCUT2D eigenvalue weighted by atomic mass is 10.1. The molecule has 4 nitrogen and oxygen atoms in total. The Kier molecular flexibility index (Phi) is 5.42. The van der Waals surface area contributed by atoms with E-state index in [1.54, 1.807) is 14.2 Å². The van der Waals surface area contributed by atoms with Gasteiger partial charge in [-0.25, -0.2) is 0 Å². The van der Waals surface area contributed by atoms with Gasteiger partial charge in [0.1, 0.15) is 11.5 Å². The molecule has 2 aromatic rings. The average Bonchev–Trinajstić information content (AvgIpc) is 2.55. The van der Waals surface area contributed by atoms with E-state index in [4.69, 9.17) is 9.47 Å². The van der Waals surface area contributed by atoms with Gasteiger partial charge in [0, 0.05) is 5.56 Å². The molecule has 0 aliphatic rings. The fourth-order valence-corrected chi connectivity index (χ4v) is 2.31. The zero-order chi connectivity index (χ0) is 15.9. The van der Waals surface area contributed by atoms with Gasteiger partial charge in [-0.3, -0.25) is 4.79 Å². The fourth-order valence-electron chi connectivity index (χ4n) is 2.31. The maximum atomic E-state index is 12.3. The topological polar surface area (TPSA) is 47.6 Å². The summed E-state index contributed by atoms with van der Waals surface area (Å²) in [5.74, 6) is 1.34. The molecule has 0 saturated carbocycles. The van der Waals surface area contributed by atoms with Crippen molar-refractivity contribution in [1.29, 1.82) is 0 Å². The number of benzene rings is 2. The third kappa shape index (κ3) is 4.01. The third-order valence-electron chi connectivity index (χ3n) is 3.52. The van der Waals surface area contributed by atoms with Gasteiger partial charge in [0.2, 0.25) is 5.91 Å². The first-order valence-electron chi connectivity index (χ1n) is 7.19. The standard InChI is InChI=1S/C18H21NO3/c1-13(14-7-5-4-6-8-14)19-18(20)12-15-11-16(21-2)9-10-17(15)22-3/h4-11,13H,12H2,1-3H3,(H,19,20)/t13-/m1/s1. The summed E-state index contributed by atoms with van der Waals surface area (Å²) < 4.78 is 10.5. The molecule has 0 heterocycles. The smallest absolute Gasteiger partial charge is 0.225 e. The van der Waals surface area contributed by atoms with E-state index < -0.39 is 0 Å².